The fraction of sp³-hybridized carbons (Fsp3) is 0.500. The van der Waals surface area contributed by atoms with Crippen LogP contribution < -0.4 is 16.4 Å². The lowest BCUT2D eigenvalue weighted by Gasteiger charge is -2.20. The van der Waals surface area contributed by atoms with Crippen molar-refractivity contribution in [3.63, 3.8) is 0 Å². The summed E-state index contributed by atoms with van der Waals surface area (Å²) in [7, 11) is 1.29. The van der Waals surface area contributed by atoms with Gasteiger partial charge < -0.3 is 21.1 Å². The number of nitrogens with two attached hydrogens (primary N) is 1. The minimum atomic E-state index is -0.688. The summed E-state index contributed by atoms with van der Waals surface area (Å²) in [6.45, 7) is 2.23. The fourth-order valence-corrected chi connectivity index (χ4v) is 2.38. The molecule has 0 aliphatic carbocycles. The van der Waals surface area contributed by atoms with E-state index in [4.69, 9.17) is 33.7 Å². The minimum Gasteiger partial charge on any atom is -0.467 e. The molecule has 0 aliphatic heterocycles. The lowest BCUT2D eigenvalue weighted by molar-refractivity contribution is -0.145. The van der Waals surface area contributed by atoms with Gasteiger partial charge in [0.25, 0.3) is 0 Å². The number of nitrogens with one attached hydrogen (secondary N) is 2. The highest BCUT2D eigenvalue weighted by Gasteiger charge is 2.23. The van der Waals surface area contributed by atoms with Crippen LogP contribution in [0.25, 0.3) is 0 Å². The van der Waals surface area contributed by atoms with E-state index in [0.29, 0.717) is 28.7 Å². The van der Waals surface area contributed by atoms with Crippen LogP contribution in [0.4, 0.5) is 5.69 Å². The topological polar surface area (TPSA) is 93.4 Å². The van der Waals surface area contributed by atoms with Crippen LogP contribution in [0.1, 0.15) is 26.2 Å². The Balaban J connectivity index is 2.64. The number of ether oxygens (including phenoxy) is 1. The van der Waals surface area contributed by atoms with E-state index < -0.39 is 18.1 Å². The molecule has 1 rings (SSSR count). The normalized spacial score (nSPS) is 13.0. The summed E-state index contributed by atoms with van der Waals surface area (Å²) in [4.78, 5) is 24.1. The summed E-state index contributed by atoms with van der Waals surface area (Å²) in [6.07, 6.45) is 1.99. The van der Waals surface area contributed by atoms with Crippen LogP contribution in [0, 0.1) is 0 Å². The van der Waals surface area contributed by atoms with Crippen molar-refractivity contribution in [2.24, 2.45) is 5.73 Å². The predicted molar refractivity (Wildman–Crippen MR) is 96.4 cm³/mol. The third-order valence-electron chi connectivity index (χ3n) is 3.45. The molecule has 0 heterocycles. The van der Waals surface area contributed by atoms with E-state index in [2.05, 4.69) is 10.6 Å². The standard InChI is InChI=1S/C16H23Cl2N3O3/c1-10(20-11-6-7-12(17)13(18)9-11)15(22)21-14(16(23)24-2)5-3-4-8-19/h6-7,9-10,14,20H,3-5,8,19H2,1-2H3,(H,21,22)/t10?,14-/m0/s1. The largest absolute Gasteiger partial charge is 0.467 e. The van der Waals surface area contributed by atoms with Gasteiger partial charge in [-0.05, 0) is 50.9 Å². The van der Waals surface area contributed by atoms with E-state index in [9.17, 15) is 9.59 Å². The zero-order chi connectivity index (χ0) is 18.1. The molecule has 0 fully saturated rings. The highest BCUT2D eigenvalue weighted by Crippen LogP contribution is 2.25. The van der Waals surface area contributed by atoms with Crippen molar-refractivity contribution in [2.45, 2.75) is 38.3 Å². The smallest absolute Gasteiger partial charge is 0.328 e. The zero-order valence-electron chi connectivity index (χ0n) is 13.8. The van der Waals surface area contributed by atoms with E-state index >= 15 is 0 Å². The maximum absolute atomic E-state index is 12.3. The molecule has 1 aromatic rings. The van der Waals surface area contributed by atoms with Crippen LogP contribution in [0.15, 0.2) is 18.2 Å². The predicted octanol–water partition coefficient (Wildman–Crippen LogP) is 2.58. The van der Waals surface area contributed by atoms with Crippen molar-refractivity contribution < 1.29 is 14.3 Å². The summed E-state index contributed by atoms with van der Waals surface area (Å²) in [6, 6.07) is 3.74. The van der Waals surface area contributed by atoms with Crippen LogP contribution in [0.5, 0.6) is 0 Å². The Morgan fingerprint density at radius 3 is 2.54 bits per heavy atom. The van der Waals surface area contributed by atoms with Crippen molar-refractivity contribution in [1.29, 1.82) is 0 Å². The van der Waals surface area contributed by atoms with Gasteiger partial charge in [0.05, 0.1) is 17.2 Å². The van der Waals surface area contributed by atoms with Crippen LogP contribution in [0.3, 0.4) is 0 Å². The molecule has 0 aliphatic rings. The molecule has 4 N–H and O–H groups in total. The van der Waals surface area contributed by atoms with Gasteiger partial charge in [-0.3, -0.25) is 4.79 Å². The number of esters is 1. The number of unbranched alkanes of at least 4 members (excludes halogenated alkanes) is 1. The van der Waals surface area contributed by atoms with Gasteiger partial charge in [0, 0.05) is 5.69 Å². The Labute approximate surface area is 152 Å². The van der Waals surface area contributed by atoms with Gasteiger partial charge in [0.2, 0.25) is 5.91 Å². The summed E-state index contributed by atoms with van der Waals surface area (Å²) in [5, 5.41) is 6.54. The molecule has 0 spiro atoms. The van der Waals surface area contributed by atoms with Crippen LogP contribution in [-0.4, -0.2) is 37.6 Å². The fourth-order valence-electron chi connectivity index (χ4n) is 2.08. The molecule has 0 saturated heterocycles. The minimum absolute atomic E-state index is 0.316. The van der Waals surface area contributed by atoms with Gasteiger partial charge >= 0.3 is 5.97 Å². The SMILES string of the molecule is COC(=O)[C@H](CCCCN)NC(=O)C(C)Nc1ccc(Cl)c(Cl)c1. The number of halogens is 2. The molecule has 1 unspecified atom stereocenters. The number of rotatable bonds is 9. The quantitative estimate of drug-likeness (QED) is 0.455. The Kier molecular flexibility index (Phi) is 8.89. The van der Waals surface area contributed by atoms with Crippen LogP contribution in [-0.2, 0) is 14.3 Å². The second kappa shape index (κ2) is 10.4. The average Bonchev–Trinajstić information content (AvgIpc) is 2.56. The van der Waals surface area contributed by atoms with Gasteiger partial charge in [0.1, 0.15) is 12.1 Å². The van der Waals surface area contributed by atoms with Crippen molar-refractivity contribution in [3.05, 3.63) is 28.2 Å². The summed E-state index contributed by atoms with van der Waals surface area (Å²) >= 11 is 11.8. The number of carbonyl (C=O) groups excluding carboxylic acids is 2. The Morgan fingerprint density at radius 1 is 1.25 bits per heavy atom. The molecule has 2 atom stereocenters. The number of methoxy groups -OCH3 is 1. The first-order valence-electron chi connectivity index (χ1n) is 7.69. The lowest BCUT2D eigenvalue weighted by Crippen LogP contribution is -2.47. The van der Waals surface area contributed by atoms with E-state index in [1.165, 1.54) is 7.11 Å². The first kappa shape index (κ1) is 20.5. The zero-order valence-corrected chi connectivity index (χ0v) is 15.3. The first-order valence-corrected chi connectivity index (χ1v) is 8.44. The Hall–Kier alpha value is -1.50. The monoisotopic (exact) mass is 375 g/mol. The number of amides is 1. The molecule has 1 aromatic carbocycles. The van der Waals surface area contributed by atoms with Crippen LogP contribution >= 0.6 is 23.2 Å². The number of hydrogen-bond acceptors (Lipinski definition) is 5. The molecule has 0 bridgehead atoms. The molecule has 0 radical (unpaired) electrons. The third kappa shape index (κ3) is 6.55. The van der Waals surface area contributed by atoms with Crippen molar-refractivity contribution in [2.75, 3.05) is 19.0 Å². The third-order valence-corrected chi connectivity index (χ3v) is 4.18. The van der Waals surface area contributed by atoms with E-state index in [1.807, 2.05) is 0 Å². The van der Waals surface area contributed by atoms with E-state index in [0.717, 1.165) is 12.8 Å². The number of benzene rings is 1. The second-order valence-corrected chi connectivity index (χ2v) is 6.18. The second-order valence-electron chi connectivity index (χ2n) is 5.36. The summed E-state index contributed by atoms with van der Waals surface area (Å²) in [5.74, 6) is -0.786. The lowest BCUT2D eigenvalue weighted by atomic mass is 10.1. The summed E-state index contributed by atoms with van der Waals surface area (Å²) in [5.41, 5.74) is 6.11. The van der Waals surface area contributed by atoms with Gasteiger partial charge in [-0.2, -0.15) is 0 Å². The number of carbonyl (C=O) groups is 2. The molecule has 134 valence electrons. The van der Waals surface area contributed by atoms with E-state index in [1.54, 1.807) is 25.1 Å². The van der Waals surface area contributed by atoms with Gasteiger partial charge in [-0.15, -0.1) is 0 Å². The van der Waals surface area contributed by atoms with Gasteiger partial charge in [-0.25, -0.2) is 4.79 Å². The maximum Gasteiger partial charge on any atom is 0.328 e. The highest BCUT2D eigenvalue weighted by atomic mass is 35.5. The molecular weight excluding hydrogens is 353 g/mol. The molecule has 8 heteroatoms. The molecule has 1 amide bonds. The van der Waals surface area contributed by atoms with Gasteiger partial charge in [0.15, 0.2) is 0 Å². The van der Waals surface area contributed by atoms with Crippen molar-refractivity contribution >= 4 is 40.8 Å². The molecule has 6 nitrogen and oxygen atoms in total. The molecule has 24 heavy (non-hydrogen) atoms. The van der Waals surface area contributed by atoms with Crippen molar-refractivity contribution in [3.8, 4) is 0 Å². The summed E-state index contributed by atoms with van der Waals surface area (Å²) < 4.78 is 4.73. The first-order chi connectivity index (χ1) is 11.4. The Morgan fingerprint density at radius 2 is 1.96 bits per heavy atom. The van der Waals surface area contributed by atoms with Crippen molar-refractivity contribution in [1.82, 2.24) is 5.32 Å². The van der Waals surface area contributed by atoms with Crippen LogP contribution in [0.2, 0.25) is 10.0 Å². The maximum atomic E-state index is 12.3. The van der Waals surface area contributed by atoms with Gasteiger partial charge in [-0.1, -0.05) is 23.2 Å². The van der Waals surface area contributed by atoms with E-state index in [-0.39, 0.29) is 5.91 Å². The molecule has 0 saturated carbocycles. The number of hydrogen-bond donors (Lipinski definition) is 3. The highest BCUT2D eigenvalue weighted by molar-refractivity contribution is 6.42. The molecular formula is C16H23Cl2N3O3. The molecule has 0 aromatic heterocycles. The average molecular weight is 376 g/mol. The number of anilines is 1. The Bertz CT molecular complexity index is 569.